The van der Waals surface area contributed by atoms with Crippen molar-refractivity contribution in [1.82, 2.24) is 15.0 Å². The standard InChI is InChI=1S/C11H15N5S/c1-7-9(17-6-14-7)5-13-11-4-10(12-3)15-8(2)16-11/h4,6H,5H2,1-3H3,(H2,12,13,15,16). The minimum Gasteiger partial charge on any atom is -0.373 e. The summed E-state index contributed by atoms with van der Waals surface area (Å²) >= 11 is 1.65. The predicted octanol–water partition coefficient (Wildman–Crippen LogP) is 2.20. The van der Waals surface area contributed by atoms with Crippen LogP contribution in [0, 0.1) is 13.8 Å². The number of thiazole rings is 1. The molecular weight excluding hydrogens is 234 g/mol. The van der Waals surface area contributed by atoms with E-state index in [-0.39, 0.29) is 0 Å². The SMILES string of the molecule is CNc1cc(NCc2scnc2C)nc(C)n1. The summed E-state index contributed by atoms with van der Waals surface area (Å²) in [6.45, 7) is 4.64. The lowest BCUT2D eigenvalue weighted by Crippen LogP contribution is -2.04. The Labute approximate surface area is 104 Å². The molecule has 2 N–H and O–H groups in total. The molecule has 2 heterocycles. The van der Waals surface area contributed by atoms with Crippen molar-refractivity contribution < 1.29 is 0 Å². The van der Waals surface area contributed by atoms with Crippen LogP contribution in [0.1, 0.15) is 16.4 Å². The molecule has 2 aromatic rings. The van der Waals surface area contributed by atoms with E-state index in [9.17, 15) is 0 Å². The van der Waals surface area contributed by atoms with Gasteiger partial charge in [0, 0.05) is 18.0 Å². The average molecular weight is 249 g/mol. The van der Waals surface area contributed by atoms with Crippen LogP contribution in [0.15, 0.2) is 11.6 Å². The van der Waals surface area contributed by atoms with Gasteiger partial charge in [-0.15, -0.1) is 11.3 Å². The Kier molecular flexibility index (Phi) is 3.53. The minimum absolute atomic E-state index is 0.746. The molecule has 0 amide bonds. The first kappa shape index (κ1) is 11.8. The van der Waals surface area contributed by atoms with Gasteiger partial charge in [-0.05, 0) is 13.8 Å². The third-order valence-corrected chi connectivity index (χ3v) is 3.30. The monoisotopic (exact) mass is 249 g/mol. The molecule has 0 saturated carbocycles. The third kappa shape index (κ3) is 2.91. The van der Waals surface area contributed by atoms with Crippen LogP contribution in [0.4, 0.5) is 11.6 Å². The van der Waals surface area contributed by atoms with Gasteiger partial charge >= 0.3 is 0 Å². The maximum Gasteiger partial charge on any atom is 0.132 e. The Morgan fingerprint density at radius 1 is 1.24 bits per heavy atom. The van der Waals surface area contributed by atoms with Crippen LogP contribution in [0.3, 0.4) is 0 Å². The Hall–Kier alpha value is -1.69. The molecule has 0 aliphatic heterocycles. The van der Waals surface area contributed by atoms with Crippen molar-refractivity contribution in [3.05, 3.63) is 28.0 Å². The summed E-state index contributed by atoms with van der Waals surface area (Å²) in [6.07, 6.45) is 0. The largest absolute Gasteiger partial charge is 0.373 e. The van der Waals surface area contributed by atoms with E-state index in [0.717, 1.165) is 29.7 Å². The Morgan fingerprint density at radius 2 is 2.00 bits per heavy atom. The highest BCUT2D eigenvalue weighted by Gasteiger charge is 2.03. The third-order valence-electron chi connectivity index (χ3n) is 2.37. The molecule has 6 heteroatoms. The van der Waals surface area contributed by atoms with Crippen molar-refractivity contribution in [2.75, 3.05) is 17.7 Å². The molecule has 0 aliphatic carbocycles. The van der Waals surface area contributed by atoms with Crippen molar-refractivity contribution in [2.24, 2.45) is 0 Å². The molecule has 2 aromatic heterocycles. The summed E-state index contributed by atoms with van der Waals surface area (Å²) in [5.74, 6) is 2.40. The number of hydrogen-bond acceptors (Lipinski definition) is 6. The highest BCUT2D eigenvalue weighted by molar-refractivity contribution is 7.09. The topological polar surface area (TPSA) is 62.7 Å². The van der Waals surface area contributed by atoms with Crippen LogP contribution in [0.2, 0.25) is 0 Å². The average Bonchev–Trinajstić information content (AvgIpc) is 2.71. The summed E-state index contributed by atoms with van der Waals surface area (Å²) in [7, 11) is 1.85. The lowest BCUT2D eigenvalue weighted by molar-refractivity contribution is 1.02. The van der Waals surface area contributed by atoms with Crippen molar-refractivity contribution in [3.8, 4) is 0 Å². The minimum atomic E-state index is 0.746. The summed E-state index contributed by atoms with van der Waals surface area (Å²) in [5.41, 5.74) is 2.93. The van der Waals surface area contributed by atoms with Crippen LogP contribution >= 0.6 is 11.3 Å². The number of anilines is 2. The molecule has 0 atom stereocenters. The molecule has 0 fully saturated rings. The predicted molar refractivity (Wildman–Crippen MR) is 70.5 cm³/mol. The van der Waals surface area contributed by atoms with E-state index in [2.05, 4.69) is 25.6 Å². The van der Waals surface area contributed by atoms with Gasteiger partial charge in [-0.25, -0.2) is 15.0 Å². The molecular formula is C11H15N5S. The van der Waals surface area contributed by atoms with Crippen LogP contribution in [-0.4, -0.2) is 22.0 Å². The number of hydrogen-bond donors (Lipinski definition) is 2. The van der Waals surface area contributed by atoms with E-state index in [1.54, 1.807) is 11.3 Å². The van der Waals surface area contributed by atoms with E-state index < -0.39 is 0 Å². The molecule has 0 saturated heterocycles. The van der Waals surface area contributed by atoms with Gasteiger partial charge in [-0.3, -0.25) is 0 Å². The molecule has 0 unspecified atom stereocenters. The van der Waals surface area contributed by atoms with Crippen molar-refractivity contribution in [1.29, 1.82) is 0 Å². The lowest BCUT2D eigenvalue weighted by Gasteiger charge is -2.07. The Bertz CT molecular complexity index is 508. The highest BCUT2D eigenvalue weighted by atomic mass is 32.1. The molecule has 2 rings (SSSR count). The van der Waals surface area contributed by atoms with Crippen molar-refractivity contribution in [3.63, 3.8) is 0 Å². The molecule has 0 radical (unpaired) electrons. The highest BCUT2D eigenvalue weighted by Crippen LogP contribution is 2.15. The van der Waals surface area contributed by atoms with Crippen LogP contribution in [-0.2, 0) is 6.54 Å². The van der Waals surface area contributed by atoms with Gasteiger partial charge in [0.2, 0.25) is 0 Å². The number of nitrogens with zero attached hydrogens (tertiary/aromatic N) is 3. The zero-order valence-corrected chi connectivity index (χ0v) is 10.9. The zero-order valence-electron chi connectivity index (χ0n) is 10.1. The van der Waals surface area contributed by atoms with Crippen molar-refractivity contribution >= 4 is 23.0 Å². The van der Waals surface area contributed by atoms with E-state index in [1.807, 2.05) is 32.5 Å². The van der Waals surface area contributed by atoms with E-state index in [4.69, 9.17) is 0 Å². The second-order valence-electron chi connectivity index (χ2n) is 3.65. The maximum absolute atomic E-state index is 4.33. The zero-order chi connectivity index (χ0) is 12.3. The van der Waals surface area contributed by atoms with E-state index >= 15 is 0 Å². The molecule has 0 aliphatic rings. The first-order valence-electron chi connectivity index (χ1n) is 5.35. The van der Waals surface area contributed by atoms with Gasteiger partial charge in [-0.1, -0.05) is 0 Å². The molecule has 0 bridgehead atoms. The maximum atomic E-state index is 4.33. The van der Waals surface area contributed by atoms with Crippen LogP contribution in [0.25, 0.3) is 0 Å². The van der Waals surface area contributed by atoms with E-state index in [0.29, 0.717) is 0 Å². The molecule has 0 aromatic carbocycles. The first-order chi connectivity index (χ1) is 8.19. The smallest absolute Gasteiger partial charge is 0.132 e. The fraction of sp³-hybridized carbons (Fsp3) is 0.364. The first-order valence-corrected chi connectivity index (χ1v) is 6.23. The number of aryl methyl sites for hydroxylation is 2. The van der Waals surface area contributed by atoms with Gasteiger partial charge in [0.15, 0.2) is 0 Å². The van der Waals surface area contributed by atoms with Gasteiger partial charge < -0.3 is 10.6 Å². The summed E-state index contributed by atoms with van der Waals surface area (Å²) in [5, 5.41) is 6.29. The van der Waals surface area contributed by atoms with Crippen LogP contribution in [0.5, 0.6) is 0 Å². The molecule has 5 nitrogen and oxygen atoms in total. The summed E-state index contributed by atoms with van der Waals surface area (Å²) < 4.78 is 0. The molecule has 90 valence electrons. The van der Waals surface area contributed by atoms with Gasteiger partial charge in [0.25, 0.3) is 0 Å². The Morgan fingerprint density at radius 3 is 2.65 bits per heavy atom. The van der Waals surface area contributed by atoms with Gasteiger partial charge in [0.05, 0.1) is 17.7 Å². The second-order valence-corrected chi connectivity index (χ2v) is 4.59. The van der Waals surface area contributed by atoms with Gasteiger partial charge in [-0.2, -0.15) is 0 Å². The quantitative estimate of drug-likeness (QED) is 0.869. The number of nitrogens with one attached hydrogen (secondary N) is 2. The number of aromatic nitrogens is 3. The summed E-state index contributed by atoms with van der Waals surface area (Å²) in [6, 6.07) is 1.89. The Balaban J connectivity index is 2.09. The van der Waals surface area contributed by atoms with E-state index in [1.165, 1.54) is 4.88 Å². The van der Waals surface area contributed by atoms with Crippen molar-refractivity contribution in [2.45, 2.75) is 20.4 Å². The fourth-order valence-electron chi connectivity index (χ4n) is 1.45. The molecule has 0 spiro atoms. The van der Waals surface area contributed by atoms with Crippen LogP contribution < -0.4 is 10.6 Å². The number of rotatable bonds is 4. The molecule has 17 heavy (non-hydrogen) atoms. The van der Waals surface area contributed by atoms with Gasteiger partial charge in [0.1, 0.15) is 17.5 Å². The second kappa shape index (κ2) is 5.09. The normalized spacial score (nSPS) is 10.3. The lowest BCUT2D eigenvalue weighted by atomic mass is 10.4. The summed E-state index contributed by atoms with van der Waals surface area (Å²) in [4.78, 5) is 14.0. The fourth-order valence-corrected chi connectivity index (χ4v) is 2.17.